The SMILES string of the molecule is CC1(C)CCN(C(=O)C2(C#N)CCC2)C1. The number of hydrogen-bond donors (Lipinski definition) is 0. The van der Waals surface area contributed by atoms with E-state index in [4.69, 9.17) is 5.26 Å². The van der Waals surface area contributed by atoms with Gasteiger partial charge in [0, 0.05) is 13.1 Å². The number of nitrogens with zero attached hydrogens (tertiary/aromatic N) is 2. The van der Waals surface area contributed by atoms with Gasteiger partial charge in [-0.1, -0.05) is 13.8 Å². The van der Waals surface area contributed by atoms with Crippen molar-refractivity contribution in [1.82, 2.24) is 4.90 Å². The Morgan fingerprint density at radius 3 is 2.33 bits per heavy atom. The Hall–Kier alpha value is -1.04. The summed E-state index contributed by atoms with van der Waals surface area (Å²) >= 11 is 0. The first-order valence-corrected chi connectivity index (χ1v) is 5.70. The van der Waals surface area contributed by atoms with Gasteiger partial charge in [-0.05, 0) is 31.1 Å². The van der Waals surface area contributed by atoms with Crippen molar-refractivity contribution in [2.45, 2.75) is 39.5 Å². The van der Waals surface area contributed by atoms with E-state index in [9.17, 15) is 4.79 Å². The standard InChI is InChI=1S/C12H18N2O/c1-11(2)6-7-14(9-11)10(15)12(8-13)4-3-5-12/h3-7,9H2,1-2H3. The van der Waals surface area contributed by atoms with Crippen LogP contribution in [0.25, 0.3) is 0 Å². The smallest absolute Gasteiger partial charge is 0.243 e. The van der Waals surface area contributed by atoms with E-state index in [-0.39, 0.29) is 11.3 Å². The molecule has 0 aromatic rings. The number of rotatable bonds is 1. The molecule has 1 aliphatic carbocycles. The molecule has 1 saturated heterocycles. The highest BCUT2D eigenvalue weighted by atomic mass is 16.2. The van der Waals surface area contributed by atoms with Crippen LogP contribution < -0.4 is 0 Å². The van der Waals surface area contributed by atoms with Gasteiger partial charge in [0.2, 0.25) is 5.91 Å². The number of amides is 1. The van der Waals surface area contributed by atoms with E-state index in [1.54, 1.807) is 0 Å². The topological polar surface area (TPSA) is 44.1 Å². The minimum Gasteiger partial charge on any atom is -0.341 e. The zero-order valence-electron chi connectivity index (χ0n) is 9.55. The lowest BCUT2D eigenvalue weighted by atomic mass is 9.69. The molecule has 1 amide bonds. The lowest BCUT2D eigenvalue weighted by Gasteiger charge is -2.37. The summed E-state index contributed by atoms with van der Waals surface area (Å²) in [4.78, 5) is 14.1. The minimum absolute atomic E-state index is 0.0850. The second kappa shape index (κ2) is 3.23. The third-order valence-corrected chi connectivity index (χ3v) is 3.80. The van der Waals surface area contributed by atoms with E-state index in [1.807, 2.05) is 4.90 Å². The van der Waals surface area contributed by atoms with E-state index < -0.39 is 5.41 Å². The third-order valence-electron chi connectivity index (χ3n) is 3.80. The molecule has 0 N–H and O–H groups in total. The van der Waals surface area contributed by atoms with Crippen molar-refractivity contribution in [2.75, 3.05) is 13.1 Å². The van der Waals surface area contributed by atoms with Crippen LogP contribution in [0.5, 0.6) is 0 Å². The Balaban J connectivity index is 2.07. The molecular formula is C12H18N2O. The highest BCUT2D eigenvalue weighted by molar-refractivity contribution is 5.86. The summed E-state index contributed by atoms with van der Waals surface area (Å²) < 4.78 is 0. The van der Waals surface area contributed by atoms with Gasteiger partial charge in [-0.2, -0.15) is 5.26 Å². The Kier molecular flexibility index (Phi) is 2.26. The van der Waals surface area contributed by atoms with Crippen LogP contribution in [0.1, 0.15) is 39.5 Å². The van der Waals surface area contributed by atoms with Crippen molar-refractivity contribution in [2.24, 2.45) is 10.8 Å². The molecule has 2 aliphatic rings. The lowest BCUT2D eigenvalue weighted by Crippen LogP contribution is -2.46. The van der Waals surface area contributed by atoms with Gasteiger partial charge in [0.05, 0.1) is 6.07 Å². The quantitative estimate of drug-likeness (QED) is 0.658. The monoisotopic (exact) mass is 206 g/mol. The summed E-state index contributed by atoms with van der Waals surface area (Å²) in [7, 11) is 0. The highest BCUT2D eigenvalue weighted by Gasteiger charge is 2.48. The normalized spacial score (nSPS) is 26.9. The fourth-order valence-corrected chi connectivity index (χ4v) is 2.49. The molecule has 0 radical (unpaired) electrons. The molecule has 0 unspecified atom stereocenters. The van der Waals surface area contributed by atoms with Gasteiger partial charge >= 0.3 is 0 Å². The second-order valence-corrected chi connectivity index (χ2v) is 5.69. The number of nitriles is 1. The molecule has 0 bridgehead atoms. The van der Waals surface area contributed by atoms with E-state index in [1.165, 1.54) is 0 Å². The molecule has 1 saturated carbocycles. The van der Waals surface area contributed by atoms with Crippen LogP contribution in [0.2, 0.25) is 0 Å². The van der Waals surface area contributed by atoms with Gasteiger partial charge in [0.15, 0.2) is 0 Å². The minimum atomic E-state index is -0.652. The summed E-state index contributed by atoms with van der Waals surface area (Å²) in [6, 6.07) is 2.23. The maximum Gasteiger partial charge on any atom is 0.243 e. The zero-order chi connectivity index (χ0) is 11.1. The van der Waals surface area contributed by atoms with Gasteiger partial charge in [-0.3, -0.25) is 4.79 Å². The Bertz CT molecular complexity index is 323. The highest BCUT2D eigenvalue weighted by Crippen LogP contribution is 2.43. The van der Waals surface area contributed by atoms with Crippen LogP contribution in [-0.4, -0.2) is 23.9 Å². The summed E-state index contributed by atoms with van der Waals surface area (Å²) in [5, 5.41) is 9.10. The largest absolute Gasteiger partial charge is 0.341 e. The molecular weight excluding hydrogens is 188 g/mol. The number of hydrogen-bond acceptors (Lipinski definition) is 2. The van der Waals surface area contributed by atoms with Gasteiger partial charge in [0.25, 0.3) is 0 Å². The molecule has 2 rings (SSSR count). The van der Waals surface area contributed by atoms with Crippen LogP contribution in [0.3, 0.4) is 0 Å². The van der Waals surface area contributed by atoms with Gasteiger partial charge in [-0.25, -0.2) is 0 Å². The maximum absolute atomic E-state index is 12.2. The van der Waals surface area contributed by atoms with E-state index in [0.29, 0.717) is 0 Å². The van der Waals surface area contributed by atoms with Crippen LogP contribution in [-0.2, 0) is 4.79 Å². The van der Waals surface area contributed by atoms with Crippen molar-refractivity contribution < 1.29 is 4.79 Å². The summed E-state index contributed by atoms with van der Waals surface area (Å²) in [5.41, 5.74) is -0.420. The summed E-state index contributed by atoms with van der Waals surface area (Å²) in [6.07, 6.45) is 3.61. The molecule has 1 heterocycles. The predicted octanol–water partition coefficient (Wildman–Crippen LogP) is 1.94. The van der Waals surface area contributed by atoms with Crippen molar-refractivity contribution in [1.29, 1.82) is 5.26 Å². The average Bonchev–Trinajstić information content (AvgIpc) is 2.45. The van der Waals surface area contributed by atoms with Crippen LogP contribution in [0.15, 0.2) is 0 Å². The Morgan fingerprint density at radius 1 is 1.33 bits per heavy atom. The average molecular weight is 206 g/mol. The zero-order valence-corrected chi connectivity index (χ0v) is 9.55. The molecule has 15 heavy (non-hydrogen) atoms. The first kappa shape index (κ1) is 10.5. The van der Waals surface area contributed by atoms with Crippen molar-refractivity contribution in [3.05, 3.63) is 0 Å². The maximum atomic E-state index is 12.2. The molecule has 3 heteroatoms. The van der Waals surface area contributed by atoms with Crippen molar-refractivity contribution in [3.63, 3.8) is 0 Å². The van der Waals surface area contributed by atoms with Gasteiger partial charge in [0.1, 0.15) is 5.41 Å². The summed E-state index contributed by atoms with van der Waals surface area (Å²) in [6.45, 7) is 6.00. The molecule has 2 fully saturated rings. The fourth-order valence-electron chi connectivity index (χ4n) is 2.49. The molecule has 0 aromatic carbocycles. The summed E-state index contributed by atoms with van der Waals surface area (Å²) in [5.74, 6) is 0.0850. The third kappa shape index (κ3) is 1.62. The first-order valence-electron chi connectivity index (χ1n) is 5.70. The lowest BCUT2D eigenvalue weighted by molar-refractivity contribution is -0.142. The van der Waals surface area contributed by atoms with Crippen molar-refractivity contribution in [3.8, 4) is 6.07 Å². The van der Waals surface area contributed by atoms with Crippen LogP contribution in [0, 0.1) is 22.2 Å². The fraction of sp³-hybridized carbons (Fsp3) is 0.833. The van der Waals surface area contributed by atoms with Gasteiger partial charge in [-0.15, -0.1) is 0 Å². The molecule has 3 nitrogen and oxygen atoms in total. The molecule has 1 aliphatic heterocycles. The van der Waals surface area contributed by atoms with E-state index in [2.05, 4.69) is 19.9 Å². The molecule has 82 valence electrons. The van der Waals surface area contributed by atoms with Crippen molar-refractivity contribution >= 4 is 5.91 Å². The van der Waals surface area contributed by atoms with Crippen LogP contribution >= 0.6 is 0 Å². The number of likely N-dealkylation sites (tertiary alicyclic amines) is 1. The molecule has 0 atom stereocenters. The van der Waals surface area contributed by atoms with E-state index >= 15 is 0 Å². The van der Waals surface area contributed by atoms with E-state index in [0.717, 1.165) is 38.8 Å². The number of carbonyl (C=O) groups is 1. The number of carbonyl (C=O) groups excluding carboxylic acids is 1. The Morgan fingerprint density at radius 2 is 2.00 bits per heavy atom. The Labute approximate surface area is 91.1 Å². The van der Waals surface area contributed by atoms with Crippen LogP contribution in [0.4, 0.5) is 0 Å². The predicted molar refractivity (Wildman–Crippen MR) is 56.9 cm³/mol. The molecule has 0 aromatic heterocycles. The second-order valence-electron chi connectivity index (χ2n) is 5.69. The van der Waals surface area contributed by atoms with Gasteiger partial charge < -0.3 is 4.90 Å². The molecule has 0 spiro atoms. The first-order chi connectivity index (χ1) is 6.99.